The van der Waals surface area contributed by atoms with Gasteiger partial charge in [0.1, 0.15) is 5.84 Å². The van der Waals surface area contributed by atoms with Gasteiger partial charge in [-0.1, -0.05) is 12.1 Å². The van der Waals surface area contributed by atoms with Crippen LogP contribution >= 0.6 is 0 Å². The van der Waals surface area contributed by atoms with Crippen LogP contribution < -0.4 is 11.1 Å². The molecule has 1 aromatic carbocycles. The molecule has 4 heteroatoms. The van der Waals surface area contributed by atoms with E-state index >= 15 is 0 Å². The first-order valence-electron chi connectivity index (χ1n) is 6.21. The van der Waals surface area contributed by atoms with Crippen LogP contribution in [0.2, 0.25) is 0 Å². The fraction of sp³-hybridized carbons (Fsp3) is 0.200. The highest BCUT2D eigenvalue weighted by Gasteiger charge is 2.12. The van der Waals surface area contributed by atoms with Crippen molar-refractivity contribution in [3.05, 3.63) is 47.1 Å². The van der Waals surface area contributed by atoms with Crippen molar-refractivity contribution in [3.63, 3.8) is 0 Å². The molecule has 1 aliphatic rings. The molecular formula is C15H17N3O. The topological polar surface area (TPSA) is 79.0 Å². The van der Waals surface area contributed by atoms with E-state index in [9.17, 15) is 4.79 Å². The summed E-state index contributed by atoms with van der Waals surface area (Å²) in [7, 11) is 0. The van der Waals surface area contributed by atoms with E-state index < -0.39 is 0 Å². The van der Waals surface area contributed by atoms with Gasteiger partial charge < -0.3 is 11.1 Å². The van der Waals surface area contributed by atoms with E-state index in [0.717, 1.165) is 29.7 Å². The van der Waals surface area contributed by atoms with Gasteiger partial charge in [-0.3, -0.25) is 10.2 Å². The number of nitrogens with one attached hydrogen (secondary N) is 2. The number of nitrogens with two attached hydrogens (primary N) is 1. The van der Waals surface area contributed by atoms with Crippen molar-refractivity contribution in [2.75, 3.05) is 5.32 Å². The molecule has 0 saturated heterocycles. The maximum atomic E-state index is 11.5. The molecule has 98 valence electrons. The Morgan fingerprint density at radius 3 is 2.89 bits per heavy atom. The van der Waals surface area contributed by atoms with Crippen LogP contribution in [0.3, 0.4) is 0 Å². The second-order valence-corrected chi connectivity index (χ2v) is 4.49. The maximum Gasteiger partial charge on any atom is 0.248 e. The average Bonchev–Trinajstić information content (AvgIpc) is 2.38. The van der Waals surface area contributed by atoms with Gasteiger partial charge in [0.15, 0.2) is 0 Å². The summed E-state index contributed by atoms with van der Waals surface area (Å²) in [6.07, 6.45) is 6.75. The van der Waals surface area contributed by atoms with Crippen LogP contribution in [0.4, 0.5) is 5.69 Å². The molecule has 1 aromatic rings. The van der Waals surface area contributed by atoms with E-state index in [1.165, 1.54) is 11.6 Å². The molecule has 0 radical (unpaired) electrons. The van der Waals surface area contributed by atoms with Crippen LogP contribution in [-0.4, -0.2) is 11.7 Å². The number of aryl methyl sites for hydroxylation is 1. The second-order valence-electron chi connectivity index (χ2n) is 4.49. The van der Waals surface area contributed by atoms with Crippen LogP contribution in [0, 0.1) is 5.41 Å². The monoisotopic (exact) mass is 255 g/mol. The van der Waals surface area contributed by atoms with E-state index in [1.54, 1.807) is 13.0 Å². The van der Waals surface area contributed by atoms with Gasteiger partial charge in [0.2, 0.25) is 5.91 Å². The van der Waals surface area contributed by atoms with E-state index in [1.807, 2.05) is 24.3 Å². The van der Waals surface area contributed by atoms with Crippen molar-refractivity contribution in [2.24, 2.45) is 5.73 Å². The van der Waals surface area contributed by atoms with Crippen molar-refractivity contribution in [3.8, 4) is 0 Å². The van der Waals surface area contributed by atoms with Gasteiger partial charge in [0, 0.05) is 5.69 Å². The molecule has 2 rings (SSSR count). The van der Waals surface area contributed by atoms with E-state index in [4.69, 9.17) is 11.1 Å². The average molecular weight is 255 g/mol. The highest BCUT2D eigenvalue weighted by atomic mass is 16.1. The van der Waals surface area contributed by atoms with Crippen LogP contribution in [0.25, 0.3) is 6.08 Å². The Morgan fingerprint density at radius 1 is 1.42 bits per heavy atom. The van der Waals surface area contributed by atoms with Gasteiger partial charge in [-0.05, 0) is 60.8 Å². The largest absolute Gasteiger partial charge is 0.384 e. The zero-order chi connectivity index (χ0) is 13.8. The molecule has 0 bridgehead atoms. The van der Waals surface area contributed by atoms with Crippen LogP contribution in [0.5, 0.6) is 0 Å². The number of amides is 1. The Kier molecular flexibility index (Phi) is 3.80. The number of carbonyl (C=O) groups is 1. The number of anilines is 1. The first-order valence-corrected chi connectivity index (χ1v) is 6.21. The van der Waals surface area contributed by atoms with Crippen molar-refractivity contribution in [1.82, 2.24) is 0 Å². The van der Waals surface area contributed by atoms with Gasteiger partial charge in [-0.15, -0.1) is 0 Å². The predicted octanol–water partition coefficient (Wildman–Crippen LogP) is 2.47. The van der Waals surface area contributed by atoms with E-state index in [-0.39, 0.29) is 11.7 Å². The molecule has 1 aliphatic carbocycles. The quantitative estimate of drug-likeness (QED) is 0.440. The lowest BCUT2D eigenvalue weighted by molar-refractivity contribution is -0.111. The summed E-state index contributed by atoms with van der Waals surface area (Å²) in [5.74, 6) is 0.00865. The number of fused-ring (bicyclic) bond motifs is 1. The summed E-state index contributed by atoms with van der Waals surface area (Å²) >= 11 is 0. The van der Waals surface area contributed by atoms with Crippen LogP contribution in [0.1, 0.15) is 24.5 Å². The number of carbonyl (C=O) groups excluding carboxylic acids is 1. The summed E-state index contributed by atoms with van der Waals surface area (Å²) in [6.45, 7) is 1.81. The van der Waals surface area contributed by atoms with Gasteiger partial charge >= 0.3 is 0 Å². The number of benzene rings is 1. The maximum absolute atomic E-state index is 11.5. The highest BCUT2D eigenvalue weighted by Crippen LogP contribution is 2.26. The smallest absolute Gasteiger partial charge is 0.248 e. The molecule has 1 amide bonds. The first-order chi connectivity index (χ1) is 9.10. The SMILES string of the molecule is C/C=C/C(=O)Nc1ccc2c(c1)CCC(C(=N)N)=C2. The zero-order valence-electron chi connectivity index (χ0n) is 10.9. The Labute approximate surface area is 112 Å². The first kappa shape index (κ1) is 13.1. The van der Waals surface area contributed by atoms with Crippen molar-refractivity contribution >= 4 is 23.5 Å². The molecule has 4 N–H and O–H groups in total. The standard InChI is InChI=1S/C15H17N3O/c1-2-3-14(19)18-13-7-6-10-8-12(15(16)17)5-4-11(10)9-13/h2-3,6-9H,4-5H2,1H3,(H3,16,17)(H,18,19)/b3-2+. The molecule has 0 fully saturated rings. The van der Waals surface area contributed by atoms with Crippen molar-refractivity contribution in [1.29, 1.82) is 5.41 Å². The molecule has 0 saturated carbocycles. The minimum atomic E-state index is -0.127. The minimum Gasteiger partial charge on any atom is -0.384 e. The minimum absolute atomic E-state index is 0.127. The van der Waals surface area contributed by atoms with Crippen LogP contribution in [-0.2, 0) is 11.2 Å². The van der Waals surface area contributed by atoms with Crippen LogP contribution in [0.15, 0.2) is 35.9 Å². The van der Waals surface area contributed by atoms with Gasteiger partial charge in [0.05, 0.1) is 0 Å². The Bertz CT molecular complexity index is 585. The zero-order valence-corrected chi connectivity index (χ0v) is 10.9. The van der Waals surface area contributed by atoms with Gasteiger partial charge in [0.25, 0.3) is 0 Å². The molecule has 19 heavy (non-hydrogen) atoms. The van der Waals surface area contributed by atoms with E-state index in [0.29, 0.717) is 0 Å². The fourth-order valence-corrected chi connectivity index (χ4v) is 2.12. The summed E-state index contributed by atoms with van der Waals surface area (Å²) in [6, 6.07) is 5.78. The summed E-state index contributed by atoms with van der Waals surface area (Å²) in [4.78, 5) is 11.5. The third-order valence-corrected chi connectivity index (χ3v) is 3.07. The van der Waals surface area contributed by atoms with Gasteiger partial charge in [-0.2, -0.15) is 0 Å². The number of hydrogen-bond donors (Lipinski definition) is 3. The molecule has 0 unspecified atom stereocenters. The predicted molar refractivity (Wildman–Crippen MR) is 78.1 cm³/mol. The lowest BCUT2D eigenvalue weighted by Crippen LogP contribution is -2.16. The third kappa shape index (κ3) is 3.10. The molecule has 0 atom stereocenters. The summed E-state index contributed by atoms with van der Waals surface area (Å²) in [5, 5.41) is 10.3. The number of hydrogen-bond acceptors (Lipinski definition) is 2. The second kappa shape index (κ2) is 5.52. The fourth-order valence-electron chi connectivity index (χ4n) is 2.12. The Hall–Kier alpha value is -2.36. The Balaban J connectivity index is 2.22. The third-order valence-electron chi connectivity index (χ3n) is 3.07. The van der Waals surface area contributed by atoms with Crippen molar-refractivity contribution < 1.29 is 4.79 Å². The molecule has 0 aliphatic heterocycles. The highest BCUT2D eigenvalue weighted by molar-refractivity contribution is 6.00. The number of amidine groups is 1. The summed E-state index contributed by atoms with van der Waals surface area (Å²) in [5.41, 5.74) is 9.41. The molecule has 0 aromatic heterocycles. The van der Waals surface area contributed by atoms with Crippen molar-refractivity contribution in [2.45, 2.75) is 19.8 Å². The summed E-state index contributed by atoms with van der Waals surface area (Å²) < 4.78 is 0. The number of rotatable bonds is 3. The molecule has 0 heterocycles. The molecule has 4 nitrogen and oxygen atoms in total. The lowest BCUT2D eigenvalue weighted by atomic mass is 9.91. The Morgan fingerprint density at radius 2 is 2.21 bits per heavy atom. The molecular weight excluding hydrogens is 238 g/mol. The lowest BCUT2D eigenvalue weighted by Gasteiger charge is -2.16. The van der Waals surface area contributed by atoms with Gasteiger partial charge in [-0.25, -0.2) is 0 Å². The molecule has 0 spiro atoms. The number of allylic oxidation sites excluding steroid dienone is 1. The van der Waals surface area contributed by atoms with E-state index in [2.05, 4.69) is 5.32 Å². The normalized spacial score (nSPS) is 13.8.